The first-order valence-corrected chi connectivity index (χ1v) is 14.4. The topological polar surface area (TPSA) is 122 Å². The highest BCUT2D eigenvalue weighted by molar-refractivity contribution is 7.87. The third kappa shape index (κ3) is 6.12. The highest BCUT2D eigenvalue weighted by Gasteiger charge is 2.53. The molecule has 1 heterocycles. The molecule has 4 rings (SSSR count). The number of nitrogens with zero attached hydrogens (tertiary/aromatic N) is 1. The number of allylic oxidation sites excluding steroid dienone is 1. The summed E-state index contributed by atoms with van der Waals surface area (Å²) in [5.74, 6) is -2.19. The third-order valence-electron chi connectivity index (χ3n) is 6.97. The number of carbonyl (C=O) groups excluding carboxylic acids is 1. The van der Waals surface area contributed by atoms with Crippen LogP contribution in [0.1, 0.15) is 44.1 Å². The van der Waals surface area contributed by atoms with Gasteiger partial charge in [0.15, 0.2) is 0 Å². The van der Waals surface area contributed by atoms with E-state index in [0.29, 0.717) is 22.6 Å². The second kappa shape index (κ2) is 11.3. The average molecular weight is 588 g/mol. The minimum Gasteiger partial charge on any atom is -0.390 e. The number of aliphatic hydroxyl groups excluding tert-OH is 1. The number of amides is 1. The van der Waals surface area contributed by atoms with Gasteiger partial charge < -0.3 is 25.2 Å². The number of anilines is 1. The molecule has 2 aromatic rings. The molecule has 0 bridgehead atoms. The van der Waals surface area contributed by atoms with Gasteiger partial charge in [0.05, 0.1) is 24.5 Å². The summed E-state index contributed by atoms with van der Waals surface area (Å²) in [6.07, 6.45) is -1.44. The van der Waals surface area contributed by atoms with Crippen LogP contribution in [-0.4, -0.2) is 38.0 Å². The van der Waals surface area contributed by atoms with Crippen molar-refractivity contribution in [3.05, 3.63) is 70.5 Å². The Morgan fingerprint density at radius 3 is 2.33 bits per heavy atom. The maximum atomic E-state index is 13.3. The first-order chi connectivity index (χ1) is 18.4. The van der Waals surface area contributed by atoms with Crippen LogP contribution in [0.2, 0.25) is 5.02 Å². The summed E-state index contributed by atoms with van der Waals surface area (Å²) < 4.78 is 66.4. The Balaban J connectivity index is 1.77. The van der Waals surface area contributed by atoms with Gasteiger partial charge in [-0.1, -0.05) is 49.1 Å². The molecule has 8 nitrogen and oxygen atoms in total. The van der Waals surface area contributed by atoms with Crippen molar-refractivity contribution in [3.63, 3.8) is 0 Å². The minimum absolute atomic E-state index is 0.0356. The van der Waals surface area contributed by atoms with Gasteiger partial charge in [0, 0.05) is 27.9 Å². The van der Waals surface area contributed by atoms with E-state index >= 15 is 0 Å². The van der Waals surface area contributed by atoms with Gasteiger partial charge in [0.1, 0.15) is 5.75 Å². The SMILES string of the molecule is NC(=O)C1(c2ccccc2Cl)NC(C2CCCCC2)=C(CO)N1c1ccc(OS(=O)(=O)CCC(F)(F)F)cc1. The van der Waals surface area contributed by atoms with E-state index in [9.17, 15) is 31.5 Å². The van der Waals surface area contributed by atoms with Crippen LogP contribution in [0.3, 0.4) is 0 Å². The number of aliphatic hydroxyl groups is 1. The van der Waals surface area contributed by atoms with Gasteiger partial charge >= 0.3 is 16.3 Å². The number of alkyl halides is 3. The van der Waals surface area contributed by atoms with Crippen LogP contribution in [0, 0.1) is 5.92 Å². The lowest BCUT2D eigenvalue weighted by Gasteiger charge is -2.39. The lowest BCUT2D eigenvalue weighted by Crippen LogP contribution is -2.59. The second-order valence-electron chi connectivity index (χ2n) is 9.57. The molecule has 0 saturated heterocycles. The van der Waals surface area contributed by atoms with Crippen molar-refractivity contribution >= 4 is 33.3 Å². The standard InChI is InChI=1S/C26H29ClF3N3O5S/c27-21-9-5-4-8-20(21)26(24(31)35)32-23(17-6-2-1-3-7-17)22(16-34)33(26)18-10-12-19(13-11-18)38-39(36,37)15-14-25(28,29)30/h4-5,8-13,17,32,34H,1-3,6-7,14-16H2,(H2,31,35). The van der Waals surface area contributed by atoms with Crippen LogP contribution in [0.25, 0.3) is 0 Å². The Bertz CT molecular complexity index is 1350. The number of benzene rings is 2. The summed E-state index contributed by atoms with van der Waals surface area (Å²) in [5, 5.41) is 14.1. The fourth-order valence-corrected chi connectivity index (χ4v) is 6.45. The molecule has 1 fully saturated rings. The normalized spacial score (nSPS) is 20.7. The Kier molecular flexibility index (Phi) is 8.38. The Morgan fingerprint density at radius 1 is 1.13 bits per heavy atom. The average Bonchev–Trinajstić information content (AvgIpc) is 3.25. The Labute approximate surface area is 229 Å². The fourth-order valence-electron chi connectivity index (χ4n) is 5.21. The summed E-state index contributed by atoms with van der Waals surface area (Å²) in [5.41, 5.74) is 6.11. The van der Waals surface area contributed by atoms with E-state index in [1.807, 2.05) is 0 Å². The largest absolute Gasteiger partial charge is 0.390 e. The van der Waals surface area contributed by atoms with Gasteiger partial charge in [-0.3, -0.25) is 4.79 Å². The molecule has 39 heavy (non-hydrogen) atoms. The van der Waals surface area contributed by atoms with E-state index in [1.54, 1.807) is 29.2 Å². The molecule has 1 unspecified atom stereocenters. The van der Waals surface area contributed by atoms with E-state index < -0.39 is 46.6 Å². The zero-order chi connectivity index (χ0) is 28.4. The molecule has 1 atom stereocenters. The molecule has 0 spiro atoms. The molecule has 1 saturated carbocycles. The smallest absolute Gasteiger partial charge is 0.390 e. The van der Waals surface area contributed by atoms with Gasteiger partial charge in [-0.15, -0.1) is 0 Å². The Hall–Kier alpha value is -2.96. The highest BCUT2D eigenvalue weighted by atomic mass is 35.5. The van der Waals surface area contributed by atoms with Crippen molar-refractivity contribution < 1.29 is 35.7 Å². The number of halogens is 4. The summed E-state index contributed by atoms with van der Waals surface area (Å²) in [4.78, 5) is 14.9. The monoisotopic (exact) mass is 587 g/mol. The van der Waals surface area contributed by atoms with E-state index in [2.05, 4.69) is 5.32 Å². The number of primary amides is 1. The molecule has 212 valence electrons. The van der Waals surface area contributed by atoms with Crippen LogP contribution in [0.4, 0.5) is 18.9 Å². The van der Waals surface area contributed by atoms with Gasteiger partial charge in [0.25, 0.3) is 5.91 Å². The summed E-state index contributed by atoms with van der Waals surface area (Å²) in [7, 11) is -4.51. The third-order valence-corrected chi connectivity index (χ3v) is 8.45. The lowest BCUT2D eigenvalue weighted by atomic mass is 9.86. The summed E-state index contributed by atoms with van der Waals surface area (Å²) in [6, 6.07) is 12.0. The van der Waals surface area contributed by atoms with Crippen LogP contribution >= 0.6 is 11.6 Å². The van der Waals surface area contributed by atoms with Crippen LogP contribution in [0.5, 0.6) is 5.75 Å². The number of carbonyl (C=O) groups is 1. The minimum atomic E-state index is -4.65. The van der Waals surface area contributed by atoms with Crippen molar-refractivity contribution in [3.8, 4) is 5.75 Å². The molecule has 2 aromatic carbocycles. The van der Waals surface area contributed by atoms with Crippen molar-refractivity contribution in [1.82, 2.24) is 5.32 Å². The van der Waals surface area contributed by atoms with Crippen LogP contribution in [-0.2, 0) is 20.6 Å². The first kappa shape index (κ1) is 29.0. The van der Waals surface area contributed by atoms with Crippen LogP contribution in [0.15, 0.2) is 59.9 Å². The van der Waals surface area contributed by atoms with Crippen molar-refractivity contribution in [2.24, 2.45) is 11.7 Å². The molecule has 0 radical (unpaired) electrons. The second-order valence-corrected chi connectivity index (χ2v) is 11.7. The number of nitrogens with one attached hydrogen (secondary N) is 1. The molecule has 1 amide bonds. The number of nitrogens with two attached hydrogens (primary N) is 1. The van der Waals surface area contributed by atoms with Crippen molar-refractivity contribution in [2.75, 3.05) is 17.3 Å². The quantitative estimate of drug-likeness (QED) is 0.368. The maximum Gasteiger partial charge on any atom is 0.390 e. The highest BCUT2D eigenvalue weighted by Crippen LogP contribution is 2.46. The predicted octanol–water partition coefficient (Wildman–Crippen LogP) is 4.53. The van der Waals surface area contributed by atoms with Gasteiger partial charge in [0.2, 0.25) is 5.66 Å². The molecular weight excluding hydrogens is 559 g/mol. The van der Waals surface area contributed by atoms with E-state index in [1.165, 1.54) is 24.3 Å². The van der Waals surface area contributed by atoms with Gasteiger partial charge in [-0.25, -0.2) is 0 Å². The number of hydrogen-bond acceptors (Lipinski definition) is 7. The zero-order valence-electron chi connectivity index (χ0n) is 20.9. The van der Waals surface area contributed by atoms with Crippen molar-refractivity contribution in [2.45, 2.75) is 50.4 Å². The first-order valence-electron chi connectivity index (χ1n) is 12.4. The Morgan fingerprint density at radius 2 is 1.77 bits per heavy atom. The molecular formula is C26H29ClF3N3O5S. The molecule has 1 aliphatic carbocycles. The fraction of sp³-hybridized carbons (Fsp3) is 0.423. The maximum absolute atomic E-state index is 13.3. The molecule has 4 N–H and O–H groups in total. The number of rotatable bonds is 9. The molecule has 0 aromatic heterocycles. The van der Waals surface area contributed by atoms with E-state index in [0.717, 1.165) is 32.1 Å². The van der Waals surface area contributed by atoms with Gasteiger partial charge in [-0.05, 0) is 43.2 Å². The van der Waals surface area contributed by atoms with E-state index in [-0.39, 0.29) is 16.7 Å². The molecule has 1 aliphatic heterocycles. The number of hydrogen-bond donors (Lipinski definition) is 3. The summed E-state index contributed by atoms with van der Waals surface area (Å²) in [6.45, 7) is -0.442. The summed E-state index contributed by atoms with van der Waals surface area (Å²) >= 11 is 6.55. The predicted molar refractivity (Wildman–Crippen MR) is 140 cm³/mol. The molecule has 2 aliphatic rings. The lowest BCUT2D eigenvalue weighted by molar-refractivity contribution is -0.130. The van der Waals surface area contributed by atoms with Crippen LogP contribution < -0.4 is 20.1 Å². The van der Waals surface area contributed by atoms with E-state index in [4.69, 9.17) is 21.5 Å². The molecule has 13 heteroatoms. The van der Waals surface area contributed by atoms with Crippen molar-refractivity contribution in [1.29, 1.82) is 0 Å². The van der Waals surface area contributed by atoms with Gasteiger partial charge in [-0.2, -0.15) is 21.6 Å². The zero-order valence-corrected chi connectivity index (χ0v) is 22.5.